The Hall–Kier alpha value is -0.530. The number of hydrogen-bond acceptors (Lipinski definition) is 1. The Balaban J connectivity index is 1.99. The summed E-state index contributed by atoms with van der Waals surface area (Å²) < 4.78 is 0. The Morgan fingerprint density at radius 1 is 1.40 bits per heavy atom. The molecule has 0 bridgehead atoms. The Bertz CT molecular complexity index is 324. The molecule has 1 atom stereocenters. The van der Waals surface area contributed by atoms with Crippen LogP contribution in [0.4, 0.5) is 0 Å². The fraction of sp³-hybridized carbons (Fsp3) is 0.538. The maximum Gasteiger partial charge on any atom is 0.0451 e. The van der Waals surface area contributed by atoms with Crippen LogP contribution < -0.4 is 0 Å². The molecule has 1 unspecified atom stereocenters. The number of hydrogen-bond donors (Lipinski definition) is 0. The maximum absolute atomic E-state index is 6.15. The molecule has 1 aliphatic rings. The smallest absolute Gasteiger partial charge is 0.0451 e. The first-order chi connectivity index (χ1) is 7.25. The molecule has 0 radical (unpaired) electrons. The number of benzene rings is 1. The van der Waals surface area contributed by atoms with Crippen molar-refractivity contribution in [3.63, 3.8) is 0 Å². The Kier molecular flexibility index (Phi) is 3.66. The number of nitrogens with zero attached hydrogens (tertiary/aromatic N) is 1. The number of rotatable bonds is 2. The monoisotopic (exact) mass is 223 g/mol. The summed E-state index contributed by atoms with van der Waals surface area (Å²) in [6.07, 6.45) is 2.70. The molecule has 0 saturated carbocycles. The van der Waals surface area contributed by atoms with Crippen LogP contribution in [-0.4, -0.2) is 18.0 Å². The third kappa shape index (κ3) is 2.96. The molecular weight excluding hydrogens is 206 g/mol. The highest BCUT2D eigenvalue weighted by Gasteiger charge is 2.16. The zero-order chi connectivity index (χ0) is 10.7. The van der Waals surface area contributed by atoms with Crippen molar-refractivity contribution in [3.8, 4) is 0 Å². The molecule has 2 rings (SSSR count). The lowest BCUT2D eigenvalue weighted by atomic mass is 10.00. The Morgan fingerprint density at radius 3 is 2.93 bits per heavy atom. The SMILES string of the molecule is CC1CCCN(Cc2ccccc2Cl)C1. The van der Waals surface area contributed by atoms with E-state index in [1.807, 2.05) is 12.1 Å². The van der Waals surface area contributed by atoms with E-state index in [0.717, 1.165) is 17.5 Å². The largest absolute Gasteiger partial charge is 0.299 e. The van der Waals surface area contributed by atoms with Crippen molar-refractivity contribution in [1.29, 1.82) is 0 Å². The molecule has 0 N–H and O–H groups in total. The van der Waals surface area contributed by atoms with Gasteiger partial charge in [0.2, 0.25) is 0 Å². The van der Waals surface area contributed by atoms with Crippen LogP contribution in [0.15, 0.2) is 24.3 Å². The van der Waals surface area contributed by atoms with E-state index in [1.54, 1.807) is 0 Å². The van der Waals surface area contributed by atoms with Crippen LogP contribution in [0.25, 0.3) is 0 Å². The number of likely N-dealkylation sites (tertiary alicyclic amines) is 1. The van der Waals surface area contributed by atoms with E-state index >= 15 is 0 Å². The van der Waals surface area contributed by atoms with Crippen molar-refractivity contribution in [2.45, 2.75) is 26.3 Å². The second kappa shape index (κ2) is 5.00. The number of piperidine rings is 1. The summed E-state index contributed by atoms with van der Waals surface area (Å²) in [5.41, 5.74) is 1.26. The third-order valence-electron chi connectivity index (χ3n) is 3.09. The van der Waals surface area contributed by atoms with Crippen LogP contribution in [-0.2, 0) is 6.54 Å². The molecule has 2 heteroatoms. The van der Waals surface area contributed by atoms with E-state index in [2.05, 4.69) is 24.0 Å². The van der Waals surface area contributed by atoms with Gasteiger partial charge in [-0.15, -0.1) is 0 Å². The molecule has 1 aromatic rings. The highest BCUT2D eigenvalue weighted by molar-refractivity contribution is 6.31. The van der Waals surface area contributed by atoms with Gasteiger partial charge >= 0.3 is 0 Å². The van der Waals surface area contributed by atoms with Gasteiger partial charge in [0, 0.05) is 18.1 Å². The van der Waals surface area contributed by atoms with Crippen LogP contribution in [0.3, 0.4) is 0 Å². The molecular formula is C13H18ClN. The van der Waals surface area contributed by atoms with Gasteiger partial charge in [0.15, 0.2) is 0 Å². The van der Waals surface area contributed by atoms with Gasteiger partial charge in [-0.2, -0.15) is 0 Å². The van der Waals surface area contributed by atoms with Crippen LogP contribution in [0.2, 0.25) is 5.02 Å². The van der Waals surface area contributed by atoms with E-state index in [9.17, 15) is 0 Å². The average Bonchev–Trinajstić information content (AvgIpc) is 2.22. The molecule has 0 aliphatic carbocycles. The summed E-state index contributed by atoms with van der Waals surface area (Å²) in [6, 6.07) is 8.16. The molecule has 0 aromatic heterocycles. The lowest BCUT2D eigenvalue weighted by Crippen LogP contribution is -2.33. The van der Waals surface area contributed by atoms with E-state index in [-0.39, 0.29) is 0 Å². The van der Waals surface area contributed by atoms with Gasteiger partial charge in [0.05, 0.1) is 0 Å². The van der Waals surface area contributed by atoms with Crippen molar-refractivity contribution in [2.75, 3.05) is 13.1 Å². The summed E-state index contributed by atoms with van der Waals surface area (Å²) in [5.74, 6) is 0.834. The van der Waals surface area contributed by atoms with Crippen molar-refractivity contribution in [2.24, 2.45) is 5.92 Å². The highest BCUT2D eigenvalue weighted by atomic mass is 35.5. The van der Waals surface area contributed by atoms with Crippen LogP contribution in [0.1, 0.15) is 25.3 Å². The fourth-order valence-corrected chi connectivity index (χ4v) is 2.49. The highest BCUT2D eigenvalue weighted by Crippen LogP contribution is 2.21. The molecule has 0 amide bonds. The van der Waals surface area contributed by atoms with Gasteiger partial charge in [0.25, 0.3) is 0 Å². The standard InChI is InChI=1S/C13H18ClN/c1-11-5-4-8-15(9-11)10-12-6-2-3-7-13(12)14/h2-3,6-7,11H,4-5,8-10H2,1H3. The van der Waals surface area contributed by atoms with Crippen molar-refractivity contribution < 1.29 is 0 Å². The number of halogens is 1. The molecule has 1 heterocycles. The molecule has 1 fully saturated rings. The Labute approximate surface area is 97.0 Å². The van der Waals surface area contributed by atoms with Gasteiger partial charge in [-0.3, -0.25) is 4.90 Å². The van der Waals surface area contributed by atoms with E-state index in [0.29, 0.717) is 0 Å². The van der Waals surface area contributed by atoms with Crippen molar-refractivity contribution in [3.05, 3.63) is 34.9 Å². The summed E-state index contributed by atoms with van der Waals surface area (Å²) in [5, 5.41) is 0.899. The van der Waals surface area contributed by atoms with E-state index in [1.165, 1.54) is 31.5 Å². The minimum absolute atomic E-state index is 0.834. The molecule has 82 valence electrons. The van der Waals surface area contributed by atoms with Crippen LogP contribution in [0, 0.1) is 5.92 Å². The van der Waals surface area contributed by atoms with E-state index in [4.69, 9.17) is 11.6 Å². The summed E-state index contributed by atoms with van der Waals surface area (Å²) in [7, 11) is 0. The quantitative estimate of drug-likeness (QED) is 0.741. The van der Waals surface area contributed by atoms with Crippen LogP contribution >= 0.6 is 11.6 Å². The summed E-state index contributed by atoms with van der Waals surface area (Å²) >= 11 is 6.15. The molecule has 1 nitrogen and oxygen atoms in total. The second-order valence-corrected chi connectivity index (χ2v) is 4.98. The summed E-state index contributed by atoms with van der Waals surface area (Å²) in [6.45, 7) is 5.77. The third-order valence-corrected chi connectivity index (χ3v) is 3.46. The van der Waals surface area contributed by atoms with Crippen molar-refractivity contribution in [1.82, 2.24) is 4.90 Å². The van der Waals surface area contributed by atoms with Crippen LogP contribution in [0.5, 0.6) is 0 Å². The lowest BCUT2D eigenvalue weighted by molar-refractivity contribution is 0.176. The topological polar surface area (TPSA) is 3.24 Å². The molecule has 1 aliphatic heterocycles. The van der Waals surface area contributed by atoms with E-state index < -0.39 is 0 Å². The molecule has 0 spiro atoms. The first-order valence-electron chi connectivity index (χ1n) is 5.71. The van der Waals surface area contributed by atoms with Crippen molar-refractivity contribution >= 4 is 11.6 Å². The lowest BCUT2D eigenvalue weighted by Gasteiger charge is -2.31. The van der Waals surface area contributed by atoms with Gasteiger partial charge in [-0.1, -0.05) is 36.7 Å². The van der Waals surface area contributed by atoms with Gasteiger partial charge in [-0.05, 0) is 36.9 Å². The normalized spacial score (nSPS) is 22.9. The molecule has 1 aromatic carbocycles. The van der Waals surface area contributed by atoms with Gasteiger partial charge in [0.1, 0.15) is 0 Å². The minimum Gasteiger partial charge on any atom is -0.299 e. The minimum atomic E-state index is 0.834. The summed E-state index contributed by atoms with van der Waals surface area (Å²) in [4.78, 5) is 2.51. The fourth-order valence-electron chi connectivity index (χ4n) is 2.30. The average molecular weight is 224 g/mol. The molecule has 15 heavy (non-hydrogen) atoms. The zero-order valence-corrected chi connectivity index (χ0v) is 10.0. The zero-order valence-electron chi connectivity index (χ0n) is 9.25. The second-order valence-electron chi connectivity index (χ2n) is 4.57. The van der Waals surface area contributed by atoms with Gasteiger partial charge in [-0.25, -0.2) is 0 Å². The molecule has 1 saturated heterocycles. The predicted octanol–water partition coefficient (Wildman–Crippen LogP) is 3.57. The van der Waals surface area contributed by atoms with Gasteiger partial charge < -0.3 is 0 Å². The first-order valence-corrected chi connectivity index (χ1v) is 6.09. The predicted molar refractivity (Wildman–Crippen MR) is 65.1 cm³/mol. The first kappa shape index (κ1) is 11.0. The maximum atomic E-state index is 6.15. The Morgan fingerprint density at radius 2 is 2.20 bits per heavy atom.